The first kappa shape index (κ1) is 25.0. The number of rotatable bonds is 8. The third-order valence-electron chi connectivity index (χ3n) is 5.59. The Labute approximate surface area is 210 Å². The molecule has 0 fully saturated rings. The smallest absolute Gasteiger partial charge is 0.350 e. The number of aromatic nitrogens is 1. The zero-order chi connectivity index (χ0) is 26.1. The molecule has 188 valence electrons. The summed E-state index contributed by atoms with van der Waals surface area (Å²) in [5.74, 6) is -1.55. The van der Waals surface area contributed by atoms with E-state index in [1.54, 1.807) is 45.0 Å². The predicted molar refractivity (Wildman–Crippen MR) is 130 cm³/mol. The number of hydrogen-bond acceptors (Lipinski definition) is 10. The molecule has 1 aliphatic heterocycles. The van der Waals surface area contributed by atoms with Crippen LogP contribution in [0.15, 0.2) is 46.1 Å². The first-order valence-electron chi connectivity index (χ1n) is 11.0. The molecule has 1 amide bonds. The van der Waals surface area contributed by atoms with E-state index in [9.17, 15) is 19.5 Å². The summed E-state index contributed by atoms with van der Waals surface area (Å²) in [6.07, 6.45) is 0. The maximum absolute atomic E-state index is 13.5. The first-order chi connectivity index (χ1) is 17.2. The van der Waals surface area contributed by atoms with E-state index in [4.69, 9.17) is 18.6 Å². The van der Waals surface area contributed by atoms with E-state index in [0.717, 1.165) is 11.3 Å². The third-order valence-corrected chi connectivity index (χ3v) is 6.73. The van der Waals surface area contributed by atoms with Gasteiger partial charge in [0.05, 0.1) is 38.1 Å². The SMILES string of the molecule is CCOC(=O)c1sc(N2C(=O)C(O)=C(C(=O)c3ccc(C)o3)C2c2ccc(OC)c(OC)c2)nc1C. The normalized spacial score (nSPS) is 15.4. The van der Waals surface area contributed by atoms with Crippen LogP contribution in [0.2, 0.25) is 0 Å². The number of Topliss-reactive ketones (excluding diaryl/α,β-unsaturated/α-hetero) is 1. The summed E-state index contributed by atoms with van der Waals surface area (Å²) in [5.41, 5.74) is 0.613. The number of ketones is 1. The quantitative estimate of drug-likeness (QED) is 0.346. The van der Waals surface area contributed by atoms with Crippen molar-refractivity contribution in [3.05, 3.63) is 69.3 Å². The Morgan fingerprint density at radius 3 is 2.47 bits per heavy atom. The number of aryl methyl sites for hydroxylation is 2. The molecule has 0 saturated heterocycles. The van der Waals surface area contributed by atoms with Crippen LogP contribution in [0.1, 0.15) is 50.2 Å². The lowest BCUT2D eigenvalue weighted by molar-refractivity contribution is -0.117. The molecule has 2 aromatic heterocycles. The number of furan rings is 1. The van der Waals surface area contributed by atoms with Gasteiger partial charge >= 0.3 is 5.97 Å². The summed E-state index contributed by atoms with van der Waals surface area (Å²) in [5, 5.41) is 11.0. The third kappa shape index (κ3) is 4.22. The van der Waals surface area contributed by atoms with E-state index >= 15 is 0 Å². The molecule has 10 nitrogen and oxygen atoms in total. The van der Waals surface area contributed by atoms with Gasteiger partial charge in [-0.3, -0.25) is 14.5 Å². The zero-order valence-electron chi connectivity index (χ0n) is 20.3. The number of aliphatic hydroxyl groups excluding tert-OH is 1. The van der Waals surface area contributed by atoms with Crippen LogP contribution in [0.25, 0.3) is 0 Å². The molecule has 1 aliphatic rings. The maximum Gasteiger partial charge on any atom is 0.350 e. The number of thiazole rings is 1. The lowest BCUT2D eigenvalue weighted by Gasteiger charge is -2.25. The van der Waals surface area contributed by atoms with E-state index in [-0.39, 0.29) is 27.9 Å². The Kier molecular flexibility index (Phi) is 6.84. The van der Waals surface area contributed by atoms with E-state index in [0.29, 0.717) is 28.5 Å². The molecule has 4 rings (SSSR count). The van der Waals surface area contributed by atoms with Crippen LogP contribution in [0, 0.1) is 13.8 Å². The van der Waals surface area contributed by atoms with E-state index in [2.05, 4.69) is 4.98 Å². The van der Waals surface area contributed by atoms with Crippen LogP contribution in [0.3, 0.4) is 0 Å². The van der Waals surface area contributed by atoms with Crippen molar-refractivity contribution in [3.63, 3.8) is 0 Å². The minimum atomic E-state index is -1.09. The Balaban J connectivity index is 1.89. The summed E-state index contributed by atoms with van der Waals surface area (Å²) in [6, 6.07) is 6.89. The van der Waals surface area contributed by atoms with Gasteiger partial charge in [0.2, 0.25) is 5.78 Å². The first-order valence-corrected chi connectivity index (χ1v) is 11.8. The van der Waals surface area contributed by atoms with Gasteiger partial charge in [-0.05, 0) is 50.6 Å². The standard InChI is InChI=1S/C25H24N2O8S/c1-6-34-24(31)22-13(3)26-25(36-22)27-19(14-8-10-15(32-4)17(11-14)33-5)18(21(29)23(27)30)20(28)16-9-7-12(2)35-16/h7-11,19,29H,6H2,1-5H3. The van der Waals surface area contributed by atoms with Gasteiger partial charge in [-0.2, -0.15) is 0 Å². The molecule has 1 atom stereocenters. The summed E-state index contributed by atoms with van der Waals surface area (Å²) < 4.78 is 21.3. The van der Waals surface area contributed by atoms with Gasteiger partial charge in [-0.15, -0.1) is 0 Å². The number of esters is 1. The van der Waals surface area contributed by atoms with Crippen LogP contribution in [0.5, 0.6) is 11.5 Å². The molecule has 3 heterocycles. The molecular formula is C25H24N2O8S. The number of methoxy groups -OCH3 is 2. The molecule has 1 N–H and O–H groups in total. The molecule has 0 aliphatic carbocycles. The number of ether oxygens (including phenoxy) is 3. The molecule has 3 aromatic rings. The number of carbonyl (C=O) groups excluding carboxylic acids is 3. The number of aliphatic hydroxyl groups is 1. The molecule has 0 saturated carbocycles. The molecule has 1 aromatic carbocycles. The number of benzene rings is 1. The number of hydrogen-bond donors (Lipinski definition) is 1. The van der Waals surface area contributed by atoms with E-state index < -0.39 is 29.5 Å². The lowest BCUT2D eigenvalue weighted by atomic mass is 9.95. The van der Waals surface area contributed by atoms with Crippen LogP contribution in [-0.2, 0) is 9.53 Å². The van der Waals surface area contributed by atoms with Gasteiger partial charge < -0.3 is 23.7 Å². The van der Waals surface area contributed by atoms with Crippen molar-refractivity contribution in [3.8, 4) is 11.5 Å². The second-order valence-corrected chi connectivity index (χ2v) is 8.80. The highest BCUT2D eigenvalue weighted by Crippen LogP contribution is 2.45. The molecule has 11 heteroatoms. The van der Waals surface area contributed by atoms with Gasteiger partial charge in [0.15, 0.2) is 28.1 Å². The Hall–Kier alpha value is -4.12. The topological polar surface area (TPSA) is 128 Å². The molecule has 0 radical (unpaired) electrons. The predicted octanol–water partition coefficient (Wildman–Crippen LogP) is 4.33. The molecule has 0 bridgehead atoms. The average Bonchev–Trinajstić information content (AvgIpc) is 3.54. The summed E-state index contributed by atoms with van der Waals surface area (Å²) in [6.45, 7) is 5.15. The zero-order valence-corrected chi connectivity index (χ0v) is 21.1. The van der Waals surface area contributed by atoms with Gasteiger partial charge in [-0.1, -0.05) is 17.4 Å². The second kappa shape index (κ2) is 9.86. The van der Waals surface area contributed by atoms with Gasteiger partial charge in [0.1, 0.15) is 10.6 Å². The maximum atomic E-state index is 13.5. The van der Waals surface area contributed by atoms with Gasteiger partial charge in [0.25, 0.3) is 5.91 Å². The van der Waals surface area contributed by atoms with Crippen molar-refractivity contribution in [2.45, 2.75) is 26.8 Å². The van der Waals surface area contributed by atoms with Crippen LogP contribution >= 0.6 is 11.3 Å². The van der Waals surface area contributed by atoms with Crippen LogP contribution in [0.4, 0.5) is 5.13 Å². The minimum absolute atomic E-state index is 0.0308. The lowest BCUT2D eigenvalue weighted by Crippen LogP contribution is -2.31. The van der Waals surface area contributed by atoms with Crippen molar-refractivity contribution in [1.29, 1.82) is 0 Å². The fourth-order valence-electron chi connectivity index (χ4n) is 3.93. The number of nitrogens with zero attached hydrogens (tertiary/aromatic N) is 2. The average molecular weight is 513 g/mol. The molecule has 1 unspecified atom stereocenters. The highest BCUT2D eigenvalue weighted by atomic mass is 32.1. The fraction of sp³-hybridized carbons (Fsp3) is 0.280. The van der Waals surface area contributed by atoms with Crippen LogP contribution < -0.4 is 14.4 Å². The Morgan fingerprint density at radius 1 is 1.14 bits per heavy atom. The van der Waals surface area contributed by atoms with Crippen molar-refractivity contribution < 1.29 is 38.1 Å². The second-order valence-electron chi connectivity index (χ2n) is 7.83. The minimum Gasteiger partial charge on any atom is -0.503 e. The van der Waals surface area contributed by atoms with Crippen molar-refractivity contribution in [1.82, 2.24) is 4.98 Å². The van der Waals surface area contributed by atoms with Gasteiger partial charge in [0, 0.05) is 0 Å². The monoisotopic (exact) mass is 512 g/mol. The van der Waals surface area contributed by atoms with Crippen molar-refractivity contribution >= 4 is 34.1 Å². The number of anilines is 1. The highest BCUT2D eigenvalue weighted by molar-refractivity contribution is 7.17. The van der Waals surface area contributed by atoms with E-state index in [1.807, 2.05) is 0 Å². The van der Waals surface area contributed by atoms with Crippen LogP contribution in [-0.4, -0.2) is 48.6 Å². The molecule has 0 spiro atoms. The number of amides is 1. The molecular weight excluding hydrogens is 488 g/mol. The summed E-state index contributed by atoms with van der Waals surface area (Å²) >= 11 is 0.931. The van der Waals surface area contributed by atoms with Crippen molar-refractivity contribution in [2.75, 3.05) is 25.7 Å². The Morgan fingerprint density at radius 2 is 1.86 bits per heavy atom. The van der Waals surface area contributed by atoms with E-state index in [1.165, 1.54) is 25.2 Å². The number of carbonyl (C=O) groups is 3. The summed E-state index contributed by atoms with van der Waals surface area (Å²) in [7, 11) is 2.94. The Bertz CT molecular complexity index is 1390. The summed E-state index contributed by atoms with van der Waals surface area (Å²) in [4.78, 5) is 45.0. The van der Waals surface area contributed by atoms with Gasteiger partial charge in [-0.25, -0.2) is 9.78 Å². The highest BCUT2D eigenvalue weighted by Gasteiger charge is 2.47. The molecule has 36 heavy (non-hydrogen) atoms. The van der Waals surface area contributed by atoms with Crippen molar-refractivity contribution in [2.24, 2.45) is 0 Å². The largest absolute Gasteiger partial charge is 0.503 e. The fourth-order valence-corrected chi connectivity index (χ4v) is 4.92.